The maximum absolute atomic E-state index is 4.98. The summed E-state index contributed by atoms with van der Waals surface area (Å²) >= 11 is 0. The highest BCUT2D eigenvalue weighted by molar-refractivity contribution is 5.74. The molecule has 0 aromatic carbocycles. The molecule has 174 valence electrons. The van der Waals surface area contributed by atoms with Gasteiger partial charge in [-0.05, 0) is 55.5 Å². The van der Waals surface area contributed by atoms with E-state index in [0.29, 0.717) is 11.9 Å². The highest BCUT2D eigenvalue weighted by Gasteiger charge is 2.26. The average Bonchev–Trinajstić information content (AvgIpc) is 3.24. The predicted octanol–water partition coefficient (Wildman–Crippen LogP) is 4.47. The Labute approximate surface area is 196 Å². The van der Waals surface area contributed by atoms with Gasteiger partial charge in [0.15, 0.2) is 0 Å². The zero-order chi connectivity index (χ0) is 22.9. The number of aryl methyl sites for hydroxylation is 3. The highest BCUT2D eigenvalue weighted by atomic mass is 15.3. The number of aromatic nitrogens is 4. The van der Waals surface area contributed by atoms with Crippen LogP contribution in [0, 0.1) is 0 Å². The lowest BCUT2D eigenvalue weighted by Gasteiger charge is -2.35. The van der Waals surface area contributed by atoms with Gasteiger partial charge in [-0.3, -0.25) is 0 Å². The summed E-state index contributed by atoms with van der Waals surface area (Å²) in [5, 5.41) is 3.33. The van der Waals surface area contributed by atoms with Gasteiger partial charge >= 0.3 is 0 Å². The predicted molar refractivity (Wildman–Crippen MR) is 134 cm³/mol. The van der Waals surface area contributed by atoms with E-state index in [1.807, 2.05) is 18.5 Å². The summed E-state index contributed by atoms with van der Waals surface area (Å²) in [5.74, 6) is 1.83. The van der Waals surface area contributed by atoms with Gasteiger partial charge in [0.25, 0.3) is 0 Å². The van der Waals surface area contributed by atoms with Gasteiger partial charge in [-0.1, -0.05) is 20.8 Å². The van der Waals surface area contributed by atoms with Crippen molar-refractivity contribution in [1.29, 1.82) is 0 Å². The first kappa shape index (κ1) is 21.9. The van der Waals surface area contributed by atoms with Gasteiger partial charge < -0.3 is 19.7 Å². The molecule has 0 bridgehead atoms. The zero-order valence-electron chi connectivity index (χ0n) is 20.3. The maximum Gasteiger partial charge on any atom is 0.228 e. The normalized spacial score (nSPS) is 16.1. The molecule has 7 heteroatoms. The van der Waals surface area contributed by atoms with E-state index in [0.717, 1.165) is 63.6 Å². The number of fused-ring (bicyclic) bond motifs is 3. The Morgan fingerprint density at radius 3 is 2.39 bits per heavy atom. The molecule has 0 saturated carbocycles. The molecule has 1 N–H and O–H groups in total. The second-order valence-corrected chi connectivity index (χ2v) is 9.37. The topological polar surface area (TPSA) is 62.1 Å². The quantitative estimate of drug-likeness (QED) is 0.604. The zero-order valence-corrected chi connectivity index (χ0v) is 20.3. The third-order valence-corrected chi connectivity index (χ3v) is 7.02. The number of pyridine rings is 1. The largest absolute Gasteiger partial charge is 0.368 e. The molecule has 1 fully saturated rings. The molecule has 1 aliphatic heterocycles. The Kier molecular flexibility index (Phi) is 6.06. The van der Waals surface area contributed by atoms with Crippen LogP contribution in [-0.4, -0.2) is 57.1 Å². The molecule has 4 heterocycles. The fraction of sp³-hybridized carbons (Fsp3) is 0.500. The number of anilines is 3. The van der Waals surface area contributed by atoms with Crippen LogP contribution in [0.25, 0.3) is 11.3 Å². The minimum atomic E-state index is 0.444. The molecule has 33 heavy (non-hydrogen) atoms. The van der Waals surface area contributed by atoms with E-state index in [1.165, 1.54) is 28.1 Å². The monoisotopic (exact) mass is 445 g/mol. The lowest BCUT2D eigenvalue weighted by atomic mass is 9.89. The molecule has 3 aromatic rings. The Bertz CT molecular complexity index is 1110. The highest BCUT2D eigenvalue weighted by Crippen LogP contribution is 2.39. The van der Waals surface area contributed by atoms with E-state index in [1.54, 1.807) is 0 Å². The molecular formula is C26H35N7. The van der Waals surface area contributed by atoms with Gasteiger partial charge in [-0.25, -0.2) is 15.0 Å². The molecule has 1 saturated heterocycles. The van der Waals surface area contributed by atoms with Gasteiger partial charge in [-0.15, -0.1) is 0 Å². The van der Waals surface area contributed by atoms with Crippen molar-refractivity contribution in [2.24, 2.45) is 0 Å². The number of nitrogens with zero attached hydrogens (tertiary/aromatic N) is 6. The van der Waals surface area contributed by atoms with E-state index in [9.17, 15) is 0 Å². The number of piperazine rings is 1. The summed E-state index contributed by atoms with van der Waals surface area (Å²) in [4.78, 5) is 19.1. The fourth-order valence-electron chi connectivity index (χ4n) is 5.19. The van der Waals surface area contributed by atoms with E-state index in [-0.39, 0.29) is 0 Å². The number of rotatable bonds is 6. The van der Waals surface area contributed by atoms with Gasteiger partial charge in [0.05, 0.1) is 17.6 Å². The summed E-state index contributed by atoms with van der Waals surface area (Å²) in [5.41, 5.74) is 7.59. The summed E-state index contributed by atoms with van der Waals surface area (Å²) in [6.07, 6.45) is 8.32. The summed E-state index contributed by atoms with van der Waals surface area (Å²) in [6, 6.07) is 4.18. The van der Waals surface area contributed by atoms with Crippen LogP contribution < -0.4 is 10.2 Å². The molecule has 5 rings (SSSR count). The molecular weight excluding hydrogens is 410 g/mol. The molecule has 1 aliphatic carbocycles. The van der Waals surface area contributed by atoms with Crippen LogP contribution >= 0.6 is 0 Å². The van der Waals surface area contributed by atoms with Crippen LogP contribution in [0.3, 0.4) is 0 Å². The van der Waals surface area contributed by atoms with Crippen LogP contribution in [-0.2, 0) is 19.4 Å². The van der Waals surface area contributed by atoms with Crippen molar-refractivity contribution in [3.05, 3.63) is 47.5 Å². The second-order valence-electron chi connectivity index (χ2n) is 9.37. The van der Waals surface area contributed by atoms with Crippen LogP contribution in [0.1, 0.15) is 50.4 Å². The van der Waals surface area contributed by atoms with Crippen molar-refractivity contribution >= 4 is 17.5 Å². The van der Waals surface area contributed by atoms with Crippen LogP contribution in [0.15, 0.2) is 30.7 Å². The van der Waals surface area contributed by atoms with Crippen molar-refractivity contribution in [3.8, 4) is 11.3 Å². The first-order valence-electron chi connectivity index (χ1n) is 12.4. The van der Waals surface area contributed by atoms with Gasteiger partial charge in [0, 0.05) is 56.4 Å². The molecule has 3 aromatic heterocycles. The van der Waals surface area contributed by atoms with Gasteiger partial charge in [0.1, 0.15) is 5.82 Å². The first-order valence-corrected chi connectivity index (χ1v) is 12.4. The first-order chi connectivity index (χ1) is 16.1. The van der Waals surface area contributed by atoms with E-state index in [2.05, 4.69) is 69.6 Å². The Morgan fingerprint density at radius 2 is 1.73 bits per heavy atom. The molecule has 7 nitrogen and oxygen atoms in total. The number of hydrogen-bond donors (Lipinski definition) is 1. The molecule has 0 unspecified atom stereocenters. The lowest BCUT2D eigenvalue weighted by molar-refractivity contribution is 0.271. The second kappa shape index (κ2) is 9.14. The number of hydrogen-bond acceptors (Lipinski definition) is 6. The van der Waals surface area contributed by atoms with Gasteiger partial charge in [0.2, 0.25) is 5.95 Å². The number of nitrogens with one attached hydrogen (secondary N) is 1. The minimum Gasteiger partial charge on any atom is -0.368 e. The van der Waals surface area contributed by atoms with Crippen molar-refractivity contribution < 1.29 is 0 Å². The molecule has 0 spiro atoms. The van der Waals surface area contributed by atoms with Crippen LogP contribution in [0.4, 0.5) is 17.5 Å². The Hall–Kier alpha value is -2.93. The van der Waals surface area contributed by atoms with Crippen molar-refractivity contribution in [2.75, 3.05) is 42.9 Å². The third-order valence-electron chi connectivity index (χ3n) is 7.02. The van der Waals surface area contributed by atoms with Crippen molar-refractivity contribution in [2.45, 2.75) is 53.0 Å². The standard InChI is InChI=1S/C26H35N7/c1-5-31-11-13-33(14-12-31)21-9-10-22(27-16-21)29-26-28-15-19-7-8-20-17-32(6-2)25(18(3)4)23(20)24(19)30-26/h9-10,15-18H,5-8,11-14H2,1-4H3,(H,27,28,29,30). The third kappa shape index (κ3) is 4.22. The van der Waals surface area contributed by atoms with Crippen LogP contribution in [0.2, 0.25) is 0 Å². The van der Waals surface area contributed by atoms with Crippen molar-refractivity contribution in [3.63, 3.8) is 0 Å². The summed E-state index contributed by atoms with van der Waals surface area (Å²) in [7, 11) is 0. The Morgan fingerprint density at radius 1 is 0.939 bits per heavy atom. The molecule has 0 atom stereocenters. The van der Waals surface area contributed by atoms with Gasteiger partial charge in [-0.2, -0.15) is 0 Å². The van der Waals surface area contributed by atoms with E-state index in [4.69, 9.17) is 4.98 Å². The lowest BCUT2D eigenvalue weighted by Crippen LogP contribution is -2.46. The minimum absolute atomic E-state index is 0.444. The van der Waals surface area contributed by atoms with E-state index >= 15 is 0 Å². The maximum atomic E-state index is 4.98. The Balaban J connectivity index is 1.37. The van der Waals surface area contributed by atoms with Crippen molar-refractivity contribution in [1.82, 2.24) is 24.4 Å². The molecule has 0 amide bonds. The fourth-order valence-corrected chi connectivity index (χ4v) is 5.19. The average molecular weight is 446 g/mol. The SMILES string of the molecule is CCN1CCN(c2ccc(Nc3ncc4c(n3)-c3c(cn(CC)c3C(C)C)CC4)nc2)CC1. The summed E-state index contributed by atoms with van der Waals surface area (Å²) in [6.45, 7) is 15.4. The number of likely N-dealkylation sites (N-methyl/N-ethyl adjacent to an activating group) is 1. The molecule has 0 radical (unpaired) electrons. The summed E-state index contributed by atoms with van der Waals surface area (Å²) < 4.78 is 2.39. The molecule has 2 aliphatic rings. The smallest absolute Gasteiger partial charge is 0.228 e. The van der Waals surface area contributed by atoms with Crippen LogP contribution in [0.5, 0.6) is 0 Å². The van der Waals surface area contributed by atoms with E-state index < -0.39 is 0 Å².